The van der Waals surface area contributed by atoms with Crippen LogP contribution in [0.4, 0.5) is 5.69 Å². The van der Waals surface area contributed by atoms with Gasteiger partial charge < -0.3 is 10.4 Å². The molecule has 2 aromatic rings. The van der Waals surface area contributed by atoms with Gasteiger partial charge in [0.15, 0.2) is 0 Å². The Kier molecular flexibility index (Phi) is 4.48. The molecule has 0 bridgehead atoms. The lowest BCUT2D eigenvalue weighted by Crippen LogP contribution is -2.09. The van der Waals surface area contributed by atoms with Gasteiger partial charge in [0.1, 0.15) is 5.75 Å². The molecule has 100 valence electrons. The fourth-order valence-corrected chi connectivity index (χ4v) is 2.76. The van der Waals surface area contributed by atoms with E-state index in [1.165, 1.54) is 11.1 Å². The molecule has 0 saturated carbocycles. The minimum Gasteiger partial charge on any atom is -0.508 e. The van der Waals surface area contributed by atoms with E-state index in [1.54, 1.807) is 12.1 Å². The summed E-state index contributed by atoms with van der Waals surface area (Å²) in [4.78, 5) is 0. The molecule has 0 saturated heterocycles. The van der Waals surface area contributed by atoms with Crippen molar-refractivity contribution in [3.8, 4) is 5.75 Å². The predicted molar refractivity (Wildman–Crippen MR) is 83.6 cm³/mol. The summed E-state index contributed by atoms with van der Waals surface area (Å²) in [6, 6.07) is 13.9. The zero-order chi connectivity index (χ0) is 13.8. The molecular formula is C16H18BrNO. The minimum atomic E-state index is 0.245. The maximum absolute atomic E-state index is 9.35. The molecule has 0 fully saturated rings. The summed E-state index contributed by atoms with van der Waals surface area (Å²) in [5, 5.41) is 12.9. The lowest BCUT2D eigenvalue weighted by atomic mass is 10.0. The Morgan fingerprint density at radius 1 is 1.16 bits per heavy atom. The number of phenols is 1. The van der Waals surface area contributed by atoms with Crippen molar-refractivity contribution in [3.05, 3.63) is 58.1 Å². The molecule has 1 unspecified atom stereocenters. The van der Waals surface area contributed by atoms with Crippen molar-refractivity contribution in [1.29, 1.82) is 0 Å². The Labute approximate surface area is 122 Å². The average molecular weight is 320 g/mol. The van der Waals surface area contributed by atoms with Crippen LogP contribution >= 0.6 is 15.9 Å². The van der Waals surface area contributed by atoms with Crippen LogP contribution in [0.3, 0.4) is 0 Å². The number of aromatic hydroxyl groups is 1. The highest BCUT2D eigenvalue weighted by atomic mass is 79.9. The molecule has 0 spiro atoms. The SMILES string of the molecule is CCC(Nc1cc(C)cc(Br)c1)c1ccc(O)cc1. The van der Waals surface area contributed by atoms with Gasteiger partial charge in [-0.3, -0.25) is 0 Å². The number of benzene rings is 2. The van der Waals surface area contributed by atoms with Gasteiger partial charge in [0, 0.05) is 10.2 Å². The molecule has 2 N–H and O–H groups in total. The summed E-state index contributed by atoms with van der Waals surface area (Å²) in [5.74, 6) is 0.303. The number of phenolic OH excluding ortho intramolecular Hbond substituents is 1. The van der Waals surface area contributed by atoms with E-state index in [4.69, 9.17) is 0 Å². The Hall–Kier alpha value is -1.48. The van der Waals surface area contributed by atoms with Gasteiger partial charge in [-0.2, -0.15) is 0 Å². The van der Waals surface area contributed by atoms with E-state index in [0.717, 1.165) is 16.6 Å². The van der Waals surface area contributed by atoms with Crippen molar-refractivity contribution in [1.82, 2.24) is 0 Å². The second-order valence-electron chi connectivity index (χ2n) is 4.71. The van der Waals surface area contributed by atoms with E-state index in [1.807, 2.05) is 12.1 Å². The molecule has 0 radical (unpaired) electrons. The number of hydrogen-bond donors (Lipinski definition) is 2. The van der Waals surface area contributed by atoms with E-state index < -0.39 is 0 Å². The molecule has 0 aromatic heterocycles. The topological polar surface area (TPSA) is 32.3 Å². The van der Waals surface area contributed by atoms with Crippen molar-refractivity contribution in [2.45, 2.75) is 26.3 Å². The first kappa shape index (κ1) is 13.9. The fourth-order valence-electron chi connectivity index (χ4n) is 2.15. The summed E-state index contributed by atoms with van der Waals surface area (Å²) in [6.45, 7) is 4.23. The number of rotatable bonds is 4. The largest absolute Gasteiger partial charge is 0.508 e. The Balaban J connectivity index is 2.21. The molecule has 0 aliphatic rings. The van der Waals surface area contributed by atoms with E-state index in [9.17, 15) is 5.11 Å². The number of aryl methyl sites for hydroxylation is 1. The highest BCUT2D eigenvalue weighted by molar-refractivity contribution is 9.10. The third-order valence-corrected chi connectivity index (χ3v) is 3.54. The van der Waals surface area contributed by atoms with Crippen LogP contribution in [0.25, 0.3) is 0 Å². The van der Waals surface area contributed by atoms with Gasteiger partial charge in [-0.1, -0.05) is 35.0 Å². The second kappa shape index (κ2) is 6.11. The summed E-state index contributed by atoms with van der Waals surface area (Å²) >= 11 is 3.52. The summed E-state index contributed by atoms with van der Waals surface area (Å²) in [7, 11) is 0. The van der Waals surface area contributed by atoms with Crippen LogP contribution < -0.4 is 5.32 Å². The van der Waals surface area contributed by atoms with E-state index in [2.05, 4.69) is 53.3 Å². The number of anilines is 1. The fraction of sp³-hybridized carbons (Fsp3) is 0.250. The molecule has 0 amide bonds. The van der Waals surface area contributed by atoms with E-state index >= 15 is 0 Å². The molecule has 0 aliphatic heterocycles. The minimum absolute atomic E-state index is 0.245. The van der Waals surface area contributed by atoms with Gasteiger partial charge in [-0.25, -0.2) is 0 Å². The molecule has 0 heterocycles. The third-order valence-electron chi connectivity index (χ3n) is 3.09. The van der Waals surface area contributed by atoms with Gasteiger partial charge in [0.25, 0.3) is 0 Å². The van der Waals surface area contributed by atoms with Gasteiger partial charge in [-0.05, 0) is 54.8 Å². The van der Waals surface area contributed by atoms with E-state index in [-0.39, 0.29) is 6.04 Å². The van der Waals surface area contributed by atoms with Gasteiger partial charge >= 0.3 is 0 Å². The molecule has 2 nitrogen and oxygen atoms in total. The first-order valence-electron chi connectivity index (χ1n) is 6.41. The Morgan fingerprint density at radius 3 is 2.42 bits per heavy atom. The maximum Gasteiger partial charge on any atom is 0.115 e. The standard InChI is InChI=1S/C16H18BrNO/c1-3-16(12-4-6-15(19)7-5-12)18-14-9-11(2)8-13(17)10-14/h4-10,16,18-19H,3H2,1-2H3. The summed E-state index contributed by atoms with van der Waals surface area (Å²) < 4.78 is 1.08. The molecule has 3 heteroatoms. The van der Waals surface area contributed by atoms with Crippen LogP contribution in [0.2, 0.25) is 0 Å². The van der Waals surface area contributed by atoms with Crippen molar-refractivity contribution in [2.75, 3.05) is 5.32 Å². The van der Waals surface area contributed by atoms with Crippen LogP contribution in [-0.4, -0.2) is 5.11 Å². The number of hydrogen-bond acceptors (Lipinski definition) is 2. The smallest absolute Gasteiger partial charge is 0.115 e. The van der Waals surface area contributed by atoms with Crippen molar-refractivity contribution in [2.24, 2.45) is 0 Å². The Morgan fingerprint density at radius 2 is 1.84 bits per heavy atom. The molecule has 2 rings (SSSR count). The average Bonchev–Trinajstić information content (AvgIpc) is 2.36. The molecule has 1 atom stereocenters. The van der Waals surface area contributed by atoms with Crippen molar-refractivity contribution >= 4 is 21.6 Å². The maximum atomic E-state index is 9.35. The van der Waals surface area contributed by atoms with Crippen LogP contribution in [0.15, 0.2) is 46.9 Å². The van der Waals surface area contributed by atoms with E-state index in [0.29, 0.717) is 5.75 Å². The van der Waals surface area contributed by atoms with Crippen LogP contribution in [0.5, 0.6) is 5.75 Å². The van der Waals surface area contributed by atoms with Crippen LogP contribution in [0, 0.1) is 6.92 Å². The zero-order valence-corrected chi connectivity index (χ0v) is 12.7. The number of nitrogens with one attached hydrogen (secondary N) is 1. The normalized spacial score (nSPS) is 12.2. The van der Waals surface area contributed by atoms with Crippen molar-refractivity contribution < 1.29 is 5.11 Å². The molecular weight excluding hydrogens is 302 g/mol. The summed E-state index contributed by atoms with van der Waals surface area (Å²) in [5.41, 5.74) is 3.50. The molecule has 0 aliphatic carbocycles. The van der Waals surface area contributed by atoms with Gasteiger partial charge in [0.2, 0.25) is 0 Å². The van der Waals surface area contributed by atoms with Crippen LogP contribution in [0.1, 0.15) is 30.5 Å². The highest BCUT2D eigenvalue weighted by Crippen LogP contribution is 2.26. The molecule has 19 heavy (non-hydrogen) atoms. The monoisotopic (exact) mass is 319 g/mol. The quantitative estimate of drug-likeness (QED) is 0.828. The highest BCUT2D eigenvalue weighted by Gasteiger charge is 2.09. The first-order valence-corrected chi connectivity index (χ1v) is 7.20. The number of halogens is 1. The third kappa shape index (κ3) is 3.74. The Bertz CT molecular complexity index is 531. The second-order valence-corrected chi connectivity index (χ2v) is 5.63. The van der Waals surface area contributed by atoms with Gasteiger partial charge in [-0.15, -0.1) is 0 Å². The lowest BCUT2D eigenvalue weighted by molar-refractivity contribution is 0.475. The predicted octanol–water partition coefficient (Wildman–Crippen LogP) is 5.03. The first-order chi connectivity index (χ1) is 9.08. The zero-order valence-electron chi connectivity index (χ0n) is 11.2. The summed E-state index contributed by atoms with van der Waals surface area (Å²) in [6.07, 6.45) is 0.982. The van der Waals surface area contributed by atoms with Crippen molar-refractivity contribution in [3.63, 3.8) is 0 Å². The van der Waals surface area contributed by atoms with Gasteiger partial charge in [0.05, 0.1) is 6.04 Å². The lowest BCUT2D eigenvalue weighted by Gasteiger charge is -2.19. The van der Waals surface area contributed by atoms with Crippen LogP contribution in [-0.2, 0) is 0 Å². The molecule has 2 aromatic carbocycles.